The third-order valence-electron chi connectivity index (χ3n) is 2.88. The Morgan fingerprint density at radius 1 is 1.13 bits per heavy atom. The fraction of sp³-hybridized carbons (Fsp3) is 0.125. The predicted octanol–water partition coefficient (Wildman–Crippen LogP) is 3.48. The Morgan fingerprint density at radius 2 is 1.83 bits per heavy atom. The van der Waals surface area contributed by atoms with Crippen molar-refractivity contribution >= 4 is 17.8 Å². The minimum atomic E-state index is -1.65. The highest BCUT2D eigenvalue weighted by Gasteiger charge is 2.19. The van der Waals surface area contributed by atoms with Crippen LogP contribution in [0.5, 0.6) is 0 Å². The molecular formula is C16H13F3N2O2. The molecule has 0 aliphatic carbocycles. The summed E-state index contributed by atoms with van der Waals surface area (Å²) in [6, 6.07) is 10.7. The van der Waals surface area contributed by atoms with Gasteiger partial charge in [0.25, 0.3) is 5.91 Å². The largest absolute Gasteiger partial charge is 0.383 e. The minimum absolute atomic E-state index is 0.476. The van der Waals surface area contributed by atoms with E-state index in [4.69, 9.17) is 4.84 Å². The number of carbonyl (C=O) groups excluding carboxylic acids is 1. The van der Waals surface area contributed by atoms with Crippen molar-refractivity contribution in [3.8, 4) is 0 Å². The Morgan fingerprint density at radius 3 is 2.52 bits per heavy atom. The number of halogens is 3. The number of rotatable bonds is 5. The molecule has 1 atom stereocenters. The number of anilines is 1. The second-order valence-corrected chi connectivity index (χ2v) is 4.60. The van der Waals surface area contributed by atoms with E-state index < -0.39 is 35.2 Å². The average Bonchev–Trinajstić information content (AvgIpc) is 2.56. The molecule has 0 radical (unpaired) electrons. The van der Waals surface area contributed by atoms with Gasteiger partial charge in [-0.05, 0) is 24.6 Å². The van der Waals surface area contributed by atoms with Crippen molar-refractivity contribution in [3.05, 3.63) is 65.5 Å². The Hall–Kier alpha value is -2.83. The normalized spacial score (nSPS) is 12.2. The summed E-state index contributed by atoms with van der Waals surface area (Å²) in [5, 5.41) is 5.75. The number of hydrogen-bond acceptors (Lipinski definition) is 3. The van der Waals surface area contributed by atoms with Gasteiger partial charge in [-0.2, -0.15) is 0 Å². The van der Waals surface area contributed by atoms with Crippen LogP contribution in [0.25, 0.3) is 0 Å². The third kappa shape index (κ3) is 4.32. The van der Waals surface area contributed by atoms with Gasteiger partial charge < -0.3 is 10.2 Å². The Bertz CT molecular complexity index is 721. The molecule has 0 saturated carbocycles. The van der Waals surface area contributed by atoms with Gasteiger partial charge in [-0.15, -0.1) is 0 Å². The fourth-order valence-corrected chi connectivity index (χ4v) is 1.63. The lowest BCUT2D eigenvalue weighted by molar-refractivity contribution is -0.126. The number of hydrogen-bond donors (Lipinski definition) is 1. The van der Waals surface area contributed by atoms with E-state index in [0.717, 1.165) is 11.6 Å². The zero-order valence-electron chi connectivity index (χ0n) is 12.1. The summed E-state index contributed by atoms with van der Waals surface area (Å²) in [4.78, 5) is 16.8. The molecule has 23 heavy (non-hydrogen) atoms. The van der Waals surface area contributed by atoms with Crippen LogP contribution < -0.4 is 5.32 Å². The van der Waals surface area contributed by atoms with E-state index >= 15 is 0 Å². The van der Waals surface area contributed by atoms with Crippen LogP contribution in [0.1, 0.15) is 12.5 Å². The first-order chi connectivity index (χ1) is 11.0. The molecule has 2 aromatic rings. The molecule has 0 heterocycles. The van der Waals surface area contributed by atoms with Gasteiger partial charge in [0.2, 0.25) is 6.10 Å². The van der Waals surface area contributed by atoms with Crippen LogP contribution in [0, 0.1) is 17.5 Å². The van der Waals surface area contributed by atoms with Gasteiger partial charge >= 0.3 is 0 Å². The first-order valence-corrected chi connectivity index (χ1v) is 6.67. The molecule has 1 N–H and O–H groups in total. The summed E-state index contributed by atoms with van der Waals surface area (Å²) >= 11 is 0. The van der Waals surface area contributed by atoms with Crippen molar-refractivity contribution in [2.45, 2.75) is 13.0 Å². The van der Waals surface area contributed by atoms with Crippen LogP contribution in [-0.4, -0.2) is 18.2 Å². The molecule has 1 amide bonds. The maximum absolute atomic E-state index is 13.5. The van der Waals surface area contributed by atoms with E-state index in [0.29, 0.717) is 6.07 Å². The van der Waals surface area contributed by atoms with Crippen LogP contribution in [0.15, 0.2) is 47.6 Å². The highest BCUT2D eigenvalue weighted by Crippen LogP contribution is 2.19. The molecule has 0 aliphatic heterocycles. The van der Waals surface area contributed by atoms with E-state index in [2.05, 4.69) is 10.5 Å². The SMILES string of the molecule is C[C@H](O/N=C\c1ccccc1)C(=O)Nc1ccc(F)c(F)c1F. The molecule has 0 fully saturated rings. The molecule has 2 aromatic carbocycles. The van der Waals surface area contributed by atoms with Crippen molar-refractivity contribution in [3.63, 3.8) is 0 Å². The standard InChI is InChI=1S/C16H13F3N2O2/c1-10(23-20-9-11-5-3-2-4-6-11)16(22)21-13-8-7-12(17)14(18)15(13)19/h2-10H,1H3,(H,21,22)/b20-9-/t10-/m0/s1. The van der Waals surface area contributed by atoms with Gasteiger partial charge in [0.1, 0.15) is 0 Å². The van der Waals surface area contributed by atoms with Crippen molar-refractivity contribution in [2.24, 2.45) is 5.16 Å². The van der Waals surface area contributed by atoms with Crippen molar-refractivity contribution in [2.75, 3.05) is 5.32 Å². The maximum atomic E-state index is 13.5. The number of nitrogens with one attached hydrogen (secondary N) is 1. The lowest BCUT2D eigenvalue weighted by Gasteiger charge is -2.11. The molecule has 0 bridgehead atoms. The third-order valence-corrected chi connectivity index (χ3v) is 2.88. The summed E-state index contributed by atoms with van der Waals surface area (Å²) in [6.07, 6.45) is 0.351. The van der Waals surface area contributed by atoms with E-state index in [1.54, 1.807) is 12.1 Å². The fourth-order valence-electron chi connectivity index (χ4n) is 1.63. The highest BCUT2D eigenvalue weighted by molar-refractivity contribution is 5.94. The van der Waals surface area contributed by atoms with Crippen LogP contribution >= 0.6 is 0 Å². The van der Waals surface area contributed by atoms with Crippen molar-refractivity contribution in [1.82, 2.24) is 0 Å². The zero-order valence-corrected chi connectivity index (χ0v) is 12.1. The van der Waals surface area contributed by atoms with Crippen molar-refractivity contribution in [1.29, 1.82) is 0 Å². The predicted molar refractivity (Wildman–Crippen MR) is 79.5 cm³/mol. The monoisotopic (exact) mass is 322 g/mol. The van der Waals surface area contributed by atoms with E-state index in [1.807, 2.05) is 18.2 Å². The van der Waals surface area contributed by atoms with E-state index in [-0.39, 0.29) is 0 Å². The van der Waals surface area contributed by atoms with Gasteiger partial charge in [0.05, 0.1) is 11.9 Å². The maximum Gasteiger partial charge on any atom is 0.268 e. The lowest BCUT2D eigenvalue weighted by Crippen LogP contribution is -2.27. The Balaban J connectivity index is 1.95. The van der Waals surface area contributed by atoms with Crippen molar-refractivity contribution < 1.29 is 22.8 Å². The molecule has 4 nitrogen and oxygen atoms in total. The molecule has 0 saturated heterocycles. The molecule has 120 valence electrons. The Kier molecular flexibility index (Phi) is 5.35. The highest BCUT2D eigenvalue weighted by atomic mass is 19.2. The number of nitrogens with zero attached hydrogens (tertiary/aromatic N) is 1. The van der Waals surface area contributed by atoms with Gasteiger partial charge in [-0.25, -0.2) is 13.2 Å². The van der Waals surface area contributed by atoms with Crippen LogP contribution in [-0.2, 0) is 9.63 Å². The summed E-state index contributed by atoms with van der Waals surface area (Å²) in [5.74, 6) is -5.21. The Labute approximate surface area is 130 Å². The summed E-state index contributed by atoms with van der Waals surface area (Å²) in [6.45, 7) is 1.38. The number of oxime groups is 1. The van der Waals surface area contributed by atoms with Gasteiger partial charge in [-0.1, -0.05) is 35.5 Å². The van der Waals surface area contributed by atoms with Crippen LogP contribution in [0.2, 0.25) is 0 Å². The smallest absolute Gasteiger partial charge is 0.268 e. The molecule has 7 heteroatoms. The first-order valence-electron chi connectivity index (χ1n) is 6.67. The molecule has 0 aliphatic rings. The van der Waals surface area contributed by atoms with E-state index in [1.165, 1.54) is 13.1 Å². The van der Waals surface area contributed by atoms with Gasteiger partial charge in [0.15, 0.2) is 17.5 Å². The molecule has 0 aromatic heterocycles. The summed E-state index contributed by atoms with van der Waals surface area (Å²) in [7, 11) is 0. The molecule has 2 rings (SSSR count). The minimum Gasteiger partial charge on any atom is -0.383 e. The molecule has 0 unspecified atom stereocenters. The second kappa shape index (κ2) is 7.44. The second-order valence-electron chi connectivity index (χ2n) is 4.60. The van der Waals surface area contributed by atoms with Crippen LogP contribution in [0.4, 0.5) is 18.9 Å². The first kappa shape index (κ1) is 16.5. The molecular weight excluding hydrogens is 309 g/mol. The summed E-state index contributed by atoms with van der Waals surface area (Å²) < 4.78 is 39.3. The number of benzene rings is 2. The van der Waals surface area contributed by atoms with Gasteiger partial charge in [-0.3, -0.25) is 4.79 Å². The lowest BCUT2D eigenvalue weighted by atomic mass is 10.2. The number of carbonyl (C=O) groups is 1. The van der Waals surface area contributed by atoms with E-state index in [9.17, 15) is 18.0 Å². The number of amides is 1. The zero-order chi connectivity index (χ0) is 16.8. The average molecular weight is 322 g/mol. The van der Waals surface area contributed by atoms with Gasteiger partial charge in [0, 0.05) is 0 Å². The topological polar surface area (TPSA) is 50.7 Å². The quantitative estimate of drug-likeness (QED) is 0.520. The molecule has 0 spiro atoms. The van der Waals surface area contributed by atoms with Crippen LogP contribution in [0.3, 0.4) is 0 Å². The summed E-state index contributed by atoms with van der Waals surface area (Å²) in [5.41, 5.74) is 0.295.